The van der Waals surface area contributed by atoms with Crippen LogP contribution in [0.4, 0.5) is 5.69 Å². The van der Waals surface area contributed by atoms with E-state index in [9.17, 15) is 14.4 Å². The van der Waals surface area contributed by atoms with E-state index in [2.05, 4.69) is 5.32 Å². The Morgan fingerprint density at radius 1 is 1.12 bits per heavy atom. The molecule has 0 fully saturated rings. The van der Waals surface area contributed by atoms with Gasteiger partial charge in [-0.1, -0.05) is 12.1 Å². The third kappa shape index (κ3) is 3.92. The predicted octanol–water partition coefficient (Wildman–Crippen LogP) is 1.78. The van der Waals surface area contributed by atoms with Gasteiger partial charge in [0.25, 0.3) is 5.91 Å². The van der Waals surface area contributed by atoms with Crippen LogP contribution in [-0.4, -0.2) is 30.2 Å². The molecule has 0 aliphatic rings. The molecule has 1 heterocycles. The van der Waals surface area contributed by atoms with Gasteiger partial charge in [0, 0.05) is 5.69 Å². The lowest BCUT2D eigenvalue weighted by molar-refractivity contribution is -0.147. The van der Waals surface area contributed by atoms with E-state index < -0.39 is 24.2 Å². The first-order valence-electron chi connectivity index (χ1n) is 7.75. The molecule has 0 bridgehead atoms. The van der Waals surface area contributed by atoms with Gasteiger partial charge in [0.05, 0.1) is 12.6 Å². The topological polar surface area (TPSA) is 99.8 Å². The van der Waals surface area contributed by atoms with Crippen LogP contribution in [0.3, 0.4) is 0 Å². The predicted molar refractivity (Wildman–Crippen MR) is 93.1 cm³/mol. The molecule has 2 aromatic carbocycles. The number of nitrogens with zero attached hydrogens (tertiary/aromatic N) is 1. The molecule has 1 aromatic heterocycles. The second-order valence-electron chi connectivity index (χ2n) is 5.36. The highest BCUT2D eigenvalue weighted by Crippen LogP contribution is 2.15. The monoisotopic (exact) mass is 356 g/mol. The van der Waals surface area contributed by atoms with Crippen molar-refractivity contribution in [2.45, 2.75) is 6.54 Å². The standard InChI is InChI=1S/C18H16N2O6/c1-24-13-8-6-12(7-9-13)19-16(21)11-25-17(22)10-20-14-4-2-3-5-15(14)26-18(20)23/h2-9H,10-11H2,1H3,(H,19,21). The Bertz CT molecular complexity index is 987. The van der Waals surface area contributed by atoms with E-state index in [1.54, 1.807) is 55.6 Å². The van der Waals surface area contributed by atoms with Crippen LogP contribution in [0.15, 0.2) is 57.7 Å². The fourth-order valence-corrected chi connectivity index (χ4v) is 2.36. The molecule has 0 aliphatic heterocycles. The number of anilines is 1. The number of ether oxygens (including phenoxy) is 2. The zero-order valence-electron chi connectivity index (χ0n) is 13.9. The lowest BCUT2D eigenvalue weighted by Gasteiger charge is -2.07. The van der Waals surface area contributed by atoms with Gasteiger partial charge >= 0.3 is 11.7 Å². The highest BCUT2D eigenvalue weighted by Gasteiger charge is 2.14. The number of carbonyl (C=O) groups excluding carboxylic acids is 2. The van der Waals surface area contributed by atoms with Crippen molar-refractivity contribution in [2.24, 2.45) is 0 Å². The molecule has 8 nitrogen and oxygen atoms in total. The van der Waals surface area contributed by atoms with Crippen molar-refractivity contribution in [3.63, 3.8) is 0 Å². The number of fused-ring (bicyclic) bond motifs is 1. The molecule has 1 amide bonds. The number of para-hydroxylation sites is 2. The molecule has 26 heavy (non-hydrogen) atoms. The summed E-state index contributed by atoms with van der Waals surface area (Å²) in [6.45, 7) is -0.805. The maximum absolute atomic E-state index is 11.9. The summed E-state index contributed by atoms with van der Waals surface area (Å²) in [5, 5.41) is 2.59. The van der Waals surface area contributed by atoms with Gasteiger partial charge in [-0.2, -0.15) is 0 Å². The number of benzene rings is 2. The van der Waals surface area contributed by atoms with Crippen LogP contribution in [0, 0.1) is 0 Å². The number of hydrogen-bond donors (Lipinski definition) is 1. The number of nitrogens with one attached hydrogen (secondary N) is 1. The third-order valence-electron chi connectivity index (χ3n) is 3.60. The molecule has 134 valence electrons. The second kappa shape index (κ2) is 7.56. The molecule has 0 radical (unpaired) electrons. The number of aromatic nitrogens is 1. The van der Waals surface area contributed by atoms with Gasteiger partial charge < -0.3 is 19.2 Å². The molecule has 0 saturated heterocycles. The largest absolute Gasteiger partial charge is 0.497 e. The van der Waals surface area contributed by atoms with Gasteiger partial charge in [-0.05, 0) is 36.4 Å². The first kappa shape index (κ1) is 17.3. The van der Waals surface area contributed by atoms with Crippen LogP contribution in [0.5, 0.6) is 5.75 Å². The van der Waals surface area contributed by atoms with E-state index in [1.807, 2.05) is 0 Å². The van der Waals surface area contributed by atoms with Crippen molar-refractivity contribution in [3.05, 3.63) is 59.1 Å². The van der Waals surface area contributed by atoms with Crippen LogP contribution < -0.4 is 15.8 Å². The minimum atomic E-state index is -0.719. The molecule has 0 saturated carbocycles. The number of rotatable bonds is 6. The minimum absolute atomic E-state index is 0.342. The molecule has 8 heteroatoms. The van der Waals surface area contributed by atoms with Gasteiger partial charge in [-0.25, -0.2) is 4.79 Å². The number of esters is 1. The van der Waals surface area contributed by atoms with Crippen LogP contribution in [-0.2, 0) is 20.9 Å². The fraction of sp³-hybridized carbons (Fsp3) is 0.167. The first-order valence-corrected chi connectivity index (χ1v) is 7.75. The minimum Gasteiger partial charge on any atom is -0.497 e. The highest BCUT2D eigenvalue weighted by molar-refractivity contribution is 5.92. The average molecular weight is 356 g/mol. The van der Waals surface area contributed by atoms with Crippen LogP contribution >= 0.6 is 0 Å². The summed E-state index contributed by atoms with van der Waals surface area (Å²) in [5.74, 6) is -1.21. The Kier molecular flexibility index (Phi) is 5.02. The molecular formula is C18H16N2O6. The zero-order chi connectivity index (χ0) is 18.5. The first-order chi connectivity index (χ1) is 12.6. The fourth-order valence-electron chi connectivity index (χ4n) is 2.36. The van der Waals surface area contributed by atoms with Crippen molar-refractivity contribution in [1.82, 2.24) is 4.57 Å². The van der Waals surface area contributed by atoms with Gasteiger partial charge in [-0.3, -0.25) is 14.2 Å². The van der Waals surface area contributed by atoms with E-state index in [0.29, 0.717) is 22.5 Å². The molecule has 3 rings (SSSR count). The summed E-state index contributed by atoms with van der Waals surface area (Å²) in [7, 11) is 1.54. The van der Waals surface area contributed by atoms with E-state index in [1.165, 1.54) is 0 Å². The van der Waals surface area contributed by atoms with Crippen molar-refractivity contribution in [1.29, 1.82) is 0 Å². The lowest BCUT2D eigenvalue weighted by Crippen LogP contribution is -2.25. The number of methoxy groups -OCH3 is 1. The Morgan fingerprint density at radius 2 is 1.85 bits per heavy atom. The van der Waals surface area contributed by atoms with E-state index in [4.69, 9.17) is 13.9 Å². The second-order valence-corrected chi connectivity index (χ2v) is 5.36. The summed E-state index contributed by atoms with van der Waals surface area (Å²) in [6, 6.07) is 13.4. The van der Waals surface area contributed by atoms with E-state index in [-0.39, 0.29) is 6.54 Å². The highest BCUT2D eigenvalue weighted by atomic mass is 16.5. The van der Waals surface area contributed by atoms with Crippen molar-refractivity contribution < 1.29 is 23.5 Å². The molecule has 1 N–H and O–H groups in total. The number of oxazole rings is 1. The van der Waals surface area contributed by atoms with Crippen molar-refractivity contribution in [2.75, 3.05) is 19.0 Å². The summed E-state index contributed by atoms with van der Waals surface area (Å²) in [5.41, 5.74) is 1.41. The average Bonchev–Trinajstić information content (AvgIpc) is 2.96. The molecule has 0 atom stereocenters. The number of hydrogen-bond acceptors (Lipinski definition) is 6. The smallest absolute Gasteiger partial charge is 0.420 e. The SMILES string of the molecule is COc1ccc(NC(=O)COC(=O)Cn2c(=O)oc3ccccc32)cc1. The summed E-state index contributed by atoms with van der Waals surface area (Å²) in [6.07, 6.45) is 0. The third-order valence-corrected chi connectivity index (χ3v) is 3.60. The van der Waals surface area contributed by atoms with Crippen LogP contribution in [0.2, 0.25) is 0 Å². The summed E-state index contributed by atoms with van der Waals surface area (Å²) < 4.78 is 16.1. The molecule has 0 aliphatic carbocycles. The summed E-state index contributed by atoms with van der Waals surface area (Å²) >= 11 is 0. The maximum atomic E-state index is 11.9. The van der Waals surface area contributed by atoms with Crippen molar-refractivity contribution >= 4 is 28.7 Å². The molecule has 3 aromatic rings. The van der Waals surface area contributed by atoms with Crippen LogP contribution in [0.1, 0.15) is 0 Å². The van der Waals surface area contributed by atoms with E-state index in [0.717, 1.165) is 4.57 Å². The molecular weight excluding hydrogens is 340 g/mol. The Balaban J connectivity index is 1.55. The normalized spacial score (nSPS) is 10.5. The Labute approximate surface area is 147 Å². The number of carbonyl (C=O) groups is 2. The van der Waals surface area contributed by atoms with Crippen molar-refractivity contribution in [3.8, 4) is 5.75 Å². The Morgan fingerprint density at radius 3 is 2.58 bits per heavy atom. The molecule has 0 spiro atoms. The zero-order valence-corrected chi connectivity index (χ0v) is 13.9. The number of amides is 1. The van der Waals surface area contributed by atoms with Crippen LogP contribution in [0.25, 0.3) is 11.1 Å². The quantitative estimate of drug-likeness (QED) is 0.676. The van der Waals surface area contributed by atoms with Gasteiger partial charge in [-0.15, -0.1) is 0 Å². The lowest BCUT2D eigenvalue weighted by atomic mass is 10.3. The van der Waals surface area contributed by atoms with Gasteiger partial charge in [0.1, 0.15) is 12.3 Å². The Hall–Kier alpha value is -3.55. The van der Waals surface area contributed by atoms with Gasteiger partial charge in [0.2, 0.25) is 0 Å². The van der Waals surface area contributed by atoms with E-state index >= 15 is 0 Å². The van der Waals surface area contributed by atoms with Gasteiger partial charge in [0.15, 0.2) is 12.2 Å². The molecule has 0 unspecified atom stereocenters. The maximum Gasteiger partial charge on any atom is 0.420 e. The summed E-state index contributed by atoms with van der Waals surface area (Å²) in [4.78, 5) is 35.6.